The molecule has 4 aliphatic carbocycles. The minimum Gasteiger partial charge on any atom is -0.463 e. The van der Waals surface area contributed by atoms with Gasteiger partial charge in [-0.3, -0.25) is 9.59 Å². The molecule has 0 radical (unpaired) electrons. The molecule has 3 heteroatoms. The molecule has 0 heterocycles. The summed E-state index contributed by atoms with van der Waals surface area (Å²) in [7, 11) is 0. The van der Waals surface area contributed by atoms with E-state index in [9.17, 15) is 9.59 Å². The molecule has 0 saturated heterocycles. The minimum absolute atomic E-state index is 0.00284. The van der Waals surface area contributed by atoms with Gasteiger partial charge < -0.3 is 4.74 Å². The van der Waals surface area contributed by atoms with Gasteiger partial charge >= 0.3 is 5.97 Å². The van der Waals surface area contributed by atoms with Gasteiger partial charge in [0.1, 0.15) is 6.10 Å². The summed E-state index contributed by atoms with van der Waals surface area (Å²) in [6.45, 7) is 13.6. The number of Topliss-reactive ketones (excluding diaryl/α,β-unsaturated/α-hetero) is 1. The molecule has 3 nitrogen and oxygen atoms in total. The van der Waals surface area contributed by atoms with E-state index in [1.165, 1.54) is 56.6 Å². The summed E-state index contributed by atoms with van der Waals surface area (Å²) in [5.41, 5.74) is 3.20. The third kappa shape index (κ3) is 4.11. The van der Waals surface area contributed by atoms with E-state index in [2.05, 4.69) is 34.6 Å². The molecule has 0 aliphatic heterocycles. The molecule has 2 saturated carbocycles. The number of fused-ring (bicyclic) bond motifs is 4. The quantitative estimate of drug-likeness (QED) is 0.406. The van der Waals surface area contributed by atoms with Gasteiger partial charge in [-0.25, -0.2) is 0 Å². The number of ketones is 1. The van der Waals surface area contributed by atoms with E-state index in [0.717, 1.165) is 43.4 Å². The number of hydrogen-bond acceptors (Lipinski definition) is 3. The molecule has 0 unspecified atom stereocenters. The predicted molar refractivity (Wildman–Crippen MR) is 129 cm³/mol. The van der Waals surface area contributed by atoms with Gasteiger partial charge in [0, 0.05) is 13.3 Å². The number of allylic oxidation sites excluding steroid dienone is 2. The van der Waals surface area contributed by atoms with Crippen LogP contribution in [0.2, 0.25) is 0 Å². The van der Waals surface area contributed by atoms with Crippen LogP contribution < -0.4 is 0 Å². The lowest BCUT2D eigenvalue weighted by atomic mass is 9.50. The Bertz CT molecular complexity index is 779. The van der Waals surface area contributed by atoms with Crippen molar-refractivity contribution in [1.29, 1.82) is 0 Å². The molecule has 4 aliphatic rings. The summed E-state index contributed by atoms with van der Waals surface area (Å²) < 4.78 is 5.56. The van der Waals surface area contributed by atoms with Gasteiger partial charge in [-0.05, 0) is 90.9 Å². The lowest BCUT2D eigenvalue weighted by molar-refractivity contribution is -0.150. The fraction of sp³-hybridized carbons (Fsp3) is 0.862. The second-order valence-corrected chi connectivity index (χ2v) is 12.7. The van der Waals surface area contributed by atoms with Crippen LogP contribution in [-0.2, 0) is 14.3 Å². The number of hydrogen-bond donors (Lipinski definition) is 0. The van der Waals surface area contributed by atoms with Crippen LogP contribution in [-0.4, -0.2) is 17.9 Å². The molecular formula is C29H46O3. The second kappa shape index (κ2) is 8.91. The Morgan fingerprint density at radius 1 is 1.09 bits per heavy atom. The highest BCUT2D eigenvalue weighted by molar-refractivity contribution is 5.98. The first-order valence-corrected chi connectivity index (χ1v) is 13.5. The molecule has 0 N–H and O–H groups in total. The third-order valence-electron chi connectivity index (χ3n) is 10.3. The molecule has 0 bridgehead atoms. The lowest BCUT2D eigenvalue weighted by Crippen LogP contribution is -2.48. The monoisotopic (exact) mass is 442 g/mol. The molecule has 0 aromatic carbocycles. The zero-order valence-corrected chi connectivity index (χ0v) is 21.5. The Hall–Kier alpha value is -1.12. The van der Waals surface area contributed by atoms with Crippen molar-refractivity contribution in [3.8, 4) is 0 Å². The molecule has 0 aromatic heterocycles. The smallest absolute Gasteiger partial charge is 0.302 e. The van der Waals surface area contributed by atoms with Crippen molar-refractivity contribution in [2.75, 3.05) is 0 Å². The summed E-state index contributed by atoms with van der Waals surface area (Å²) >= 11 is 0. The van der Waals surface area contributed by atoms with E-state index in [1.807, 2.05) is 0 Å². The second-order valence-electron chi connectivity index (χ2n) is 12.7. The van der Waals surface area contributed by atoms with Crippen LogP contribution in [0, 0.1) is 40.4 Å². The van der Waals surface area contributed by atoms with Crippen molar-refractivity contribution in [2.45, 2.75) is 118 Å². The van der Waals surface area contributed by atoms with Gasteiger partial charge in [0.05, 0.1) is 0 Å². The molecule has 2 fully saturated rings. The summed E-state index contributed by atoms with van der Waals surface area (Å²) in [6, 6.07) is 0. The fourth-order valence-corrected chi connectivity index (χ4v) is 8.52. The molecule has 32 heavy (non-hydrogen) atoms. The first-order chi connectivity index (χ1) is 15.1. The molecular weight excluding hydrogens is 396 g/mol. The minimum atomic E-state index is -0.186. The number of carbonyl (C=O) groups is 2. The normalized spacial score (nSPS) is 40.0. The fourth-order valence-electron chi connectivity index (χ4n) is 8.52. The Morgan fingerprint density at radius 3 is 2.53 bits per heavy atom. The largest absolute Gasteiger partial charge is 0.463 e. The highest BCUT2D eigenvalue weighted by atomic mass is 16.5. The Labute approximate surface area is 196 Å². The predicted octanol–water partition coefficient (Wildman–Crippen LogP) is 7.28. The van der Waals surface area contributed by atoms with Crippen LogP contribution in [0.4, 0.5) is 0 Å². The molecule has 0 spiro atoms. The highest BCUT2D eigenvalue weighted by Crippen LogP contribution is 2.65. The molecule has 4 rings (SSSR count). The van der Waals surface area contributed by atoms with Crippen LogP contribution in [0.15, 0.2) is 11.1 Å². The average Bonchev–Trinajstić information content (AvgIpc) is 3.05. The SMILES string of the molecule is CC(=O)O[C@@H]1CC[C@]2(C)C3=C(C(=O)C[C@H]2C1)[C@@H]1CC[C@@H]([C@H](C)CCCC(C)C)[C@]1(C)CC3. The van der Waals surface area contributed by atoms with Gasteiger partial charge in [0.15, 0.2) is 5.78 Å². The third-order valence-corrected chi connectivity index (χ3v) is 10.3. The number of carbonyl (C=O) groups excluding carboxylic acids is 2. The Kier molecular flexibility index (Phi) is 6.69. The van der Waals surface area contributed by atoms with Crippen LogP contribution in [0.25, 0.3) is 0 Å². The van der Waals surface area contributed by atoms with E-state index >= 15 is 0 Å². The maximum Gasteiger partial charge on any atom is 0.302 e. The summed E-state index contributed by atoms with van der Waals surface area (Å²) in [5, 5.41) is 0. The summed E-state index contributed by atoms with van der Waals surface area (Å²) in [4.78, 5) is 25.1. The average molecular weight is 443 g/mol. The van der Waals surface area contributed by atoms with Gasteiger partial charge in [-0.15, -0.1) is 0 Å². The lowest BCUT2D eigenvalue weighted by Gasteiger charge is -2.54. The Morgan fingerprint density at radius 2 is 1.84 bits per heavy atom. The van der Waals surface area contributed by atoms with Crippen LogP contribution in [0.3, 0.4) is 0 Å². The van der Waals surface area contributed by atoms with Crippen LogP contribution in [0.5, 0.6) is 0 Å². The summed E-state index contributed by atoms with van der Waals surface area (Å²) in [5.74, 6) is 3.35. The van der Waals surface area contributed by atoms with Crippen LogP contribution in [0.1, 0.15) is 112 Å². The van der Waals surface area contributed by atoms with Crippen LogP contribution >= 0.6 is 0 Å². The topological polar surface area (TPSA) is 43.4 Å². The van der Waals surface area contributed by atoms with Crippen molar-refractivity contribution < 1.29 is 14.3 Å². The molecule has 180 valence electrons. The van der Waals surface area contributed by atoms with Gasteiger partial charge in [0.2, 0.25) is 0 Å². The molecule has 0 aromatic rings. The Balaban J connectivity index is 1.54. The van der Waals surface area contributed by atoms with Crippen molar-refractivity contribution in [3.05, 3.63) is 11.1 Å². The van der Waals surface area contributed by atoms with Crippen molar-refractivity contribution in [1.82, 2.24) is 0 Å². The van der Waals surface area contributed by atoms with Crippen molar-refractivity contribution in [2.24, 2.45) is 40.4 Å². The van der Waals surface area contributed by atoms with E-state index in [-0.39, 0.29) is 17.5 Å². The maximum atomic E-state index is 13.6. The molecule has 0 amide bonds. The van der Waals surface area contributed by atoms with Crippen molar-refractivity contribution in [3.63, 3.8) is 0 Å². The zero-order chi connectivity index (χ0) is 23.3. The van der Waals surface area contributed by atoms with Gasteiger partial charge in [-0.1, -0.05) is 59.5 Å². The van der Waals surface area contributed by atoms with Crippen molar-refractivity contribution >= 4 is 11.8 Å². The standard InChI is InChI=1S/C29H46O3/c1-18(2)8-7-9-19(3)23-10-11-24-27-25(13-15-29(23,24)6)28(5)14-12-22(32-20(4)30)16-21(28)17-26(27)31/h18-19,21-24H,7-17H2,1-6H3/t19-,21-,22-,23+,24+,28+,29+/m1/s1. The van der Waals surface area contributed by atoms with E-state index < -0.39 is 0 Å². The first-order valence-electron chi connectivity index (χ1n) is 13.5. The summed E-state index contributed by atoms with van der Waals surface area (Å²) in [6.07, 6.45) is 12.4. The number of ether oxygens (including phenoxy) is 1. The van der Waals surface area contributed by atoms with E-state index in [0.29, 0.717) is 29.5 Å². The van der Waals surface area contributed by atoms with Gasteiger partial charge in [-0.2, -0.15) is 0 Å². The zero-order valence-electron chi connectivity index (χ0n) is 21.5. The maximum absolute atomic E-state index is 13.6. The molecule has 7 atom stereocenters. The number of esters is 1. The van der Waals surface area contributed by atoms with Gasteiger partial charge in [0.25, 0.3) is 0 Å². The van der Waals surface area contributed by atoms with E-state index in [4.69, 9.17) is 4.74 Å². The highest BCUT2D eigenvalue weighted by Gasteiger charge is 2.58. The van der Waals surface area contributed by atoms with E-state index in [1.54, 1.807) is 0 Å². The first kappa shape index (κ1) is 24.0. The number of rotatable bonds is 6.